The van der Waals surface area contributed by atoms with Crippen molar-refractivity contribution in [3.63, 3.8) is 0 Å². The summed E-state index contributed by atoms with van der Waals surface area (Å²) in [4.78, 5) is 32.8. The molecule has 5 aromatic rings. The largest absolute Gasteiger partial charge is 0.484 e. The number of likely N-dealkylation sites (N-methyl/N-ethyl adjacent to an activating group) is 1. The molecule has 2 atom stereocenters. The van der Waals surface area contributed by atoms with E-state index in [1.165, 1.54) is 0 Å². The fourth-order valence-corrected chi connectivity index (χ4v) is 6.43. The molecule has 0 unspecified atom stereocenters. The van der Waals surface area contributed by atoms with Crippen LogP contribution in [0.3, 0.4) is 0 Å². The molecule has 1 aliphatic carbocycles. The standard InChI is InChI=1S/C35H38Cl2N8O4/c1-35(2,3)29-19-31(44(41-29)18-17-42(4)5)45(48-21-46)34(47)38-27-14-15-28(24-10-7-6-9-23(24)27)49-22-13-16-30-39-40-33(43(30)20-22)32-25(36)11-8-12-26(32)37/h6-13,16,19-21,27-28H,14-15,17-18H2,1-5H3,(H,38,47)/t27-,28+/m0/s1. The minimum atomic E-state index is -0.582. The number of hydrogen-bond donors (Lipinski definition) is 1. The molecule has 2 amide bonds. The number of urea groups is 1. The van der Waals surface area contributed by atoms with Crippen molar-refractivity contribution in [3.8, 4) is 17.1 Å². The summed E-state index contributed by atoms with van der Waals surface area (Å²) in [5, 5.41) is 18.4. The molecule has 12 nitrogen and oxygen atoms in total. The molecule has 2 aromatic carbocycles. The Bertz CT molecular complexity index is 1970. The summed E-state index contributed by atoms with van der Waals surface area (Å²) in [6.07, 6.45) is 2.70. The zero-order chi connectivity index (χ0) is 34.9. The number of benzene rings is 2. The summed E-state index contributed by atoms with van der Waals surface area (Å²) in [6, 6.07) is 17.6. The Morgan fingerprint density at radius 2 is 1.76 bits per heavy atom. The molecule has 0 saturated heterocycles. The van der Waals surface area contributed by atoms with Crippen molar-refractivity contribution in [2.75, 3.05) is 25.7 Å². The summed E-state index contributed by atoms with van der Waals surface area (Å²) in [5.41, 5.74) is 3.52. The third-order valence-corrected chi connectivity index (χ3v) is 9.03. The molecule has 49 heavy (non-hydrogen) atoms. The molecule has 0 spiro atoms. The van der Waals surface area contributed by atoms with Gasteiger partial charge in [-0.05, 0) is 62.3 Å². The second kappa shape index (κ2) is 14.1. The Morgan fingerprint density at radius 3 is 2.45 bits per heavy atom. The van der Waals surface area contributed by atoms with Crippen molar-refractivity contribution in [3.05, 3.63) is 93.7 Å². The quantitative estimate of drug-likeness (QED) is 0.122. The molecule has 14 heteroatoms. The Morgan fingerprint density at radius 1 is 1.02 bits per heavy atom. The maximum Gasteiger partial charge on any atom is 0.357 e. The summed E-state index contributed by atoms with van der Waals surface area (Å²) >= 11 is 13.0. The van der Waals surface area contributed by atoms with Gasteiger partial charge in [0.15, 0.2) is 17.3 Å². The number of carbonyl (C=O) groups excluding carboxylic acids is 2. The minimum absolute atomic E-state index is 0.246. The van der Waals surface area contributed by atoms with E-state index in [4.69, 9.17) is 37.9 Å². The molecule has 1 aliphatic rings. The van der Waals surface area contributed by atoms with E-state index in [2.05, 4.69) is 15.5 Å². The second-order valence-corrected chi connectivity index (χ2v) is 14.0. The van der Waals surface area contributed by atoms with Gasteiger partial charge in [-0.2, -0.15) is 5.10 Å². The van der Waals surface area contributed by atoms with Crippen LogP contribution in [0.5, 0.6) is 5.75 Å². The van der Waals surface area contributed by atoms with Crippen LogP contribution in [0.1, 0.15) is 62.6 Å². The number of carbonyl (C=O) groups is 2. The highest BCUT2D eigenvalue weighted by atomic mass is 35.5. The molecular formula is C35H38Cl2N8O4. The number of nitrogens with one attached hydrogen (secondary N) is 1. The summed E-state index contributed by atoms with van der Waals surface area (Å²) in [5.74, 6) is 1.47. The number of fused-ring (bicyclic) bond motifs is 2. The molecule has 0 fully saturated rings. The highest BCUT2D eigenvalue weighted by Crippen LogP contribution is 2.40. The highest BCUT2D eigenvalue weighted by Gasteiger charge is 2.33. The fraction of sp³-hybridized carbons (Fsp3) is 0.343. The number of rotatable bonds is 10. The van der Waals surface area contributed by atoms with Gasteiger partial charge in [-0.15, -0.1) is 15.3 Å². The van der Waals surface area contributed by atoms with Crippen LogP contribution in [0.2, 0.25) is 10.0 Å². The molecule has 0 radical (unpaired) electrons. The van der Waals surface area contributed by atoms with E-state index in [-0.39, 0.29) is 24.0 Å². The van der Waals surface area contributed by atoms with Gasteiger partial charge in [0.25, 0.3) is 0 Å². The van der Waals surface area contributed by atoms with E-state index < -0.39 is 6.03 Å². The second-order valence-electron chi connectivity index (χ2n) is 13.2. The molecule has 0 bridgehead atoms. The maximum atomic E-state index is 13.8. The van der Waals surface area contributed by atoms with Gasteiger partial charge in [0.05, 0.1) is 40.1 Å². The van der Waals surface area contributed by atoms with E-state index in [9.17, 15) is 9.59 Å². The predicted molar refractivity (Wildman–Crippen MR) is 188 cm³/mol. The van der Waals surface area contributed by atoms with Crippen LogP contribution < -0.4 is 15.1 Å². The van der Waals surface area contributed by atoms with Crippen LogP contribution in [-0.2, 0) is 21.6 Å². The number of nitrogens with zero attached hydrogens (tertiary/aromatic N) is 7. The van der Waals surface area contributed by atoms with E-state index >= 15 is 0 Å². The van der Waals surface area contributed by atoms with Crippen LogP contribution in [-0.4, -0.2) is 62.4 Å². The third-order valence-electron chi connectivity index (χ3n) is 8.40. The van der Waals surface area contributed by atoms with Gasteiger partial charge in [0, 0.05) is 18.0 Å². The zero-order valence-corrected chi connectivity index (χ0v) is 29.4. The monoisotopic (exact) mass is 704 g/mol. The van der Waals surface area contributed by atoms with Gasteiger partial charge in [0.1, 0.15) is 11.9 Å². The third kappa shape index (κ3) is 7.22. The van der Waals surface area contributed by atoms with Crippen LogP contribution in [0.15, 0.2) is 66.9 Å². The van der Waals surface area contributed by atoms with Crippen molar-refractivity contribution in [2.45, 2.75) is 57.7 Å². The van der Waals surface area contributed by atoms with Crippen LogP contribution in [0.4, 0.5) is 10.6 Å². The van der Waals surface area contributed by atoms with Gasteiger partial charge >= 0.3 is 12.5 Å². The number of hydrogen-bond acceptors (Lipinski definition) is 8. The predicted octanol–water partition coefficient (Wildman–Crippen LogP) is 7.02. The minimum Gasteiger partial charge on any atom is -0.484 e. The van der Waals surface area contributed by atoms with Crippen molar-refractivity contribution in [2.24, 2.45) is 0 Å². The van der Waals surface area contributed by atoms with E-state index in [1.807, 2.05) is 82.4 Å². The molecule has 6 rings (SSSR count). The number of anilines is 1. The average Bonchev–Trinajstić information content (AvgIpc) is 3.68. The Balaban J connectivity index is 1.25. The van der Waals surface area contributed by atoms with Crippen molar-refractivity contribution in [1.82, 2.24) is 34.6 Å². The van der Waals surface area contributed by atoms with E-state index in [1.54, 1.807) is 33.3 Å². The lowest BCUT2D eigenvalue weighted by molar-refractivity contribution is -0.129. The Labute approximate surface area is 294 Å². The Hall–Kier alpha value is -4.65. The SMILES string of the molecule is CN(C)CCn1nc(C(C)(C)C)cc1N(OC=O)C(=O)N[C@H]1CC[C@@H](Oc2ccc3nnc(-c4c(Cl)cccc4Cl)n3c2)c2ccccc21. The van der Waals surface area contributed by atoms with E-state index in [0.29, 0.717) is 64.6 Å². The lowest BCUT2D eigenvalue weighted by atomic mass is 9.85. The Kier molecular flexibility index (Phi) is 9.82. The van der Waals surface area contributed by atoms with Crippen molar-refractivity contribution < 1.29 is 19.2 Å². The zero-order valence-electron chi connectivity index (χ0n) is 27.9. The van der Waals surface area contributed by atoms with Crippen LogP contribution >= 0.6 is 23.2 Å². The molecule has 3 heterocycles. The number of amides is 2. The van der Waals surface area contributed by atoms with Gasteiger partial charge in [-0.1, -0.05) is 74.3 Å². The van der Waals surface area contributed by atoms with Gasteiger partial charge < -0.3 is 19.8 Å². The molecular weight excluding hydrogens is 667 g/mol. The molecule has 0 aliphatic heterocycles. The lowest BCUT2D eigenvalue weighted by Gasteiger charge is -2.33. The van der Waals surface area contributed by atoms with Crippen molar-refractivity contribution in [1.29, 1.82) is 0 Å². The van der Waals surface area contributed by atoms with Crippen molar-refractivity contribution >= 4 is 47.2 Å². The first-order valence-corrected chi connectivity index (χ1v) is 16.7. The maximum absolute atomic E-state index is 13.8. The lowest BCUT2D eigenvalue weighted by Crippen LogP contribution is -2.44. The topological polar surface area (TPSA) is 119 Å². The summed E-state index contributed by atoms with van der Waals surface area (Å²) in [7, 11) is 3.91. The smallest absolute Gasteiger partial charge is 0.357 e. The van der Waals surface area contributed by atoms with E-state index in [0.717, 1.165) is 21.9 Å². The van der Waals surface area contributed by atoms with Crippen LogP contribution in [0.25, 0.3) is 17.0 Å². The number of aromatic nitrogens is 5. The molecule has 256 valence electrons. The first-order valence-electron chi connectivity index (χ1n) is 15.9. The van der Waals surface area contributed by atoms with Gasteiger partial charge in [0.2, 0.25) is 0 Å². The summed E-state index contributed by atoms with van der Waals surface area (Å²) in [6.45, 7) is 7.52. The number of pyridine rings is 1. The van der Waals surface area contributed by atoms with Gasteiger partial charge in [-0.3, -0.25) is 9.20 Å². The highest BCUT2D eigenvalue weighted by molar-refractivity contribution is 6.39. The first kappa shape index (κ1) is 34.2. The molecule has 0 saturated carbocycles. The number of hydroxylamine groups is 1. The summed E-state index contributed by atoms with van der Waals surface area (Å²) < 4.78 is 10.1. The average molecular weight is 706 g/mol. The molecule has 3 aromatic heterocycles. The number of halogens is 2. The van der Waals surface area contributed by atoms with Gasteiger partial charge in [-0.25, -0.2) is 9.48 Å². The first-order chi connectivity index (χ1) is 23.4. The number of ether oxygens (including phenoxy) is 1. The normalized spacial score (nSPS) is 16.0. The van der Waals surface area contributed by atoms with Crippen LogP contribution in [0, 0.1) is 0 Å². The fourth-order valence-electron chi connectivity index (χ4n) is 5.86. The molecule has 1 N–H and O–H groups in total.